The van der Waals surface area contributed by atoms with Crippen molar-refractivity contribution < 1.29 is 0 Å². The molecule has 1 saturated carbocycles. The molecule has 0 saturated heterocycles. The summed E-state index contributed by atoms with van der Waals surface area (Å²) in [5, 5.41) is 0. The molecule has 72 valence electrons. The number of aromatic nitrogens is 2. The van der Waals surface area contributed by atoms with Gasteiger partial charge in [-0.2, -0.15) is 0 Å². The first-order valence-corrected chi connectivity index (χ1v) is 5.19. The fourth-order valence-electron chi connectivity index (χ4n) is 2.08. The average Bonchev–Trinajstić information content (AvgIpc) is 2.94. The number of nitrogens with zero attached hydrogens (tertiary/aromatic N) is 2. The smallest absolute Gasteiger partial charge is 0.112 e. The van der Waals surface area contributed by atoms with E-state index in [4.69, 9.17) is 4.98 Å². The van der Waals surface area contributed by atoms with Gasteiger partial charge in [-0.15, -0.1) is 0 Å². The lowest BCUT2D eigenvalue weighted by molar-refractivity contribution is 0.820. The van der Waals surface area contributed by atoms with E-state index in [9.17, 15) is 0 Å². The first-order chi connectivity index (χ1) is 6.77. The highest BCUT2D eigenvalue weighted by Gasteiger charge is 2.28. The highest BCUT2D eigenvalue weighted by molar-refractivity contribution is 5.79. The quantitative estimate of drug-likeness (QED) is 0.669. The van der Waals surface area contributed by atoms with Crippen LogP contribution in [0.3, 0.4) is 0 Å². The lowest BCUT2D eigenvalue weighted by Gasteiger charge is -1.98. The first kappa shape index (κ1) is 8.04. The van der Waals surface area contributed by atoms with Crippen molar-refractivity contribution in [1.82, 2.24) is 9.55 Å². The second kappa shape index (κ2) is 2.59. The topological polar surface area (TPSA) is 17.8 Å². The third kappa shape index (κ3) is 0.999. The summed E-state index contributed by atoms with van der Waals surface area (Å²) in [6.07, 6.45) is 2.63. The van der Waals surface area contributed by atoms with Gasteiger partial charge in [-0.3, -0.25) is 0 Å². The highest BCUT2D eigenvalue weighted by Crippen LogP contribution is 2.40. The van der Waals surface area contributed by atoms with Gasteiger partial charge >= 0.3 is 0 Å². The number of para-hydroxylation sites is 1. The Balaban J connectivity index is 2.33. The maximum Gasteiger partial charge on any atom is 0.112 e. The van der Waals surface area contributed by atoms with E-state index in [1.165, 1.54) is 35.3 Å². The fourth-order valence-corrected chi connectivity index (χ4v) is 2.08. The second-order valence-electron chi connectivity index (χ2n) is 4.25. The molecule has 0 amide bonds. The Kier molecular flexibility index (Phi) is 1.49. The SMILES string of the molecule is Cc1cccc2c1nc(C1CC1)n2C. The number of fused-ring (bicyclic) bond motifs is 1. The van der Waals surface area contributed by atoms with E-state index in [2.05, 4.69) is 36.7 Å². The van der Waals surface area contributed by atoms with Gasteiger partial charge in [-0.05, 0) is 31.4 Å². The molecule has 2 heteroatoms. The van der Waals surface area contributed by atoms with Crippen LogP contribution in [0.5, 0.6) is 0 Å². The van der Waals surface area contributed by atoms with Crippen molar-refractivity contribution in [2.45, 2.75) is 25.7 Å². The summed E-state index contributed by atoms with van der Waals surface area (Å²) >= 11 is 0. The zero-order valence-corrected chi connectivity index (χ0v) is 8.62. The molecule has 1 aromatic carbocycles. The fraction of sp³-hybridized carbons (Fsp3) is 0.417. The van der Waals surface area contributed by atoms with Crippen molar-refractivity contribution >= 4 is 11.0 Å². The van der Waals surface area contributed by atoms with Crippen LogP contribution in [0.25, 0.3) is 11.0 Å². The molecule has 1 aromatic heterocycles. The van der Waals surface area contributed by atoms with Crippen LogP contribution >= 0.6 is 0 Å². The molecule has 1 aliphatic rings. The Morgan fingerprint density at radius 1 is 1.36 bits per heavy atom. The minimum absolute atomic E-state index is 0.729. The van der Waals surface area contributed by atoms with Crippen LogP contribution in [-0.4, -0.2) is 9.55 Å². The maximum absolute atomic E-state index is 4.74. The molecule has 2 aromatic rings. The molecule has 3 rings (SSSR count). The molecule has 14 heavy (non-hydrogen) atoms. The summed E-state index contributed by atoms with van der Waals surface area (Å²) < 4.78 is 2.25. The van der Waals surface area contributed by atoms with Crippen LogP contribution in [-0.2, 0) is 7.05 Å². The van der Waals surface area contributed by atoms with Gasteiger partial charge in [0.25, 0.3) is 0 Å². The molecule has 0 unspecified atom stereocenters. The monoisotopic (exact) mass is 186 g/mol. The van der Waals surface area contributed by atoms with Gasteiger partial charge in [-0.25, -0.2) is 4.98 Å². The summed E-state index contributed by atoms with van der Waals surface area (Å²) in [5.74, 6) is 2.00. The molecule has 0 aliphatic heterocycles. The van der Waals surface area contributed by atoms with Crippen molar-refractivity contribution in [2.24, 2.45) is 7.05 Å². The highest BCUT2D eigenvalue weighted by atomic mass is 15.1. The van der Waals surface area contributed by atoms with Crippen molar-refractivity contribution in [1.29, 1.82) is 0 Å². The summed E-state index contributed by atoms with van der Waals surface area (Å²) in [4.78, 5) is 4.74. The van der Waals surface area contributed by atoms with E-state index in [1.807, 2.05) is 0 Å². The summed E-state index contributed by atoms with van der Waals surface area (Å²) in [5.41, 5.74) is 3.73. The van der Waals surface area contributed by atoms with Gasteiger partial charge in [-0.1, -0.05) is 12.1 Å². The number of aryl methyl sites for hydroxylation is 2. The normalized spacial score (nSPS) is 16.4. The Hall–Kier alpha value is -1.31. The van der Waals surface area contributed by atoms with Crippen molar-refractivity contribution in [2.75, 3.05) is 0 Å². The molecule has 1 fully saturated rings. The van der Waals surface area contributed by atoms with E-state index in [-0.39, 0.29) is 0 Å². The zero-order chi connectivity index (χ0) is 9.71. The van der Waals surface area contributed by atoms with Crippen molar-refractivity contribution in [3.8, 4) is 0 Å². The van der Waals surface area contributed by atoms with Crippen LogP contribution in [0.4, 0.5) is 0 Å². The lowest BCUT2D eigenvalue weighted by Crippen LogP contribution is -1.94. The molecule has 1 heterocycles. The molecule has 0 N–H and O–H groups in total. The Labute approximate surface area is 83.6 Å². The first-order valence-electron chi connectivity index (χ1n) is 5.19. The van der Waals surface area contributed by atoms with E-state index in [1.54, 1.807) is 0 Å². The van der Waals surface area contributed by atoms with Crippen LogP contribution in [0.15, 0.2) is 18.2 Å². The molecule has 0 atom stereocenters. The molecule has 1 aliphatic carbocycles. The number of benzene rings is 1. The molecule has 2 nitrogen and oxygen atoms in total. The van der Waals surface area contributed by atoms with Crippen LogP contribution < -0.4 is 0 Å². The van der Waals surface area contributed by atoms with Crippen LogP contribution in [0, 0.1) is 6.92 Å². The maximum atomic E-state index is 4.74. The minimum atomic E-state index is 0.729. The van der Waals surface area contributed by atoms with Gasteiger partial charge < -0.3 is 4.57 Å². The van der Waals surface area contributed by atoms with Crippen molar-refractivity contribution in [3.05, 3.63) is 29.6 Å². The number of rotatable bonds is 1. The molecular weight excluding hydrogens is 172 g/mol. The van der Waals surface area contributed by atoms with Crippen LogP contribution in [0.2, 0.25) is 0 Å². The summed E-state index contributed by atoms with van der Waals surface area (Å²) in [7, 11) is 2.13. The van der Waals surface area contributed by atoms with Gasteiger partial charge in [0, 0.05) is 13.0 Å². The van der Waals surface area contributed by atoms with Gasteiger partial charge in [0.1, 0.15) is 5.82 Å². The van der Waals surface area contributed by atoms with Gasteiger partial charge in [0.05, 0.1) is 11.0 Å². The standard InChI is InChI=1S/C12H14N2/c1-8-4-3-5-10-11(8)13-12(14(10)2)9-6-7-9/h3-5,9H,6-7H2,1-2H3. The van der Waals surface area contributed by atoms with E-state index in [0.29, 0.717) is 0 Å². The zero-order valence-electron chi connectivity index (χ0n) is 8.62. The molecule has 0 radical (unpaired) electrons. The minimum Gasteiger partial charge on any atom is -0.331 e. The van der Waals surface area contributed by atoms with E-state index >= 15 is 0 Å². The Bertz CT molecular complexity index is 492. The van der Waals surface area contributed by atoms with E-state index in [0.717, 1.165) is 5.92 Å². The summed E-state index contributed by atoms with van der Waals surface area (Å²) in [6.45, 7) is 2.13. The van der Waals surface area contributed by atoms with E-state index < -0.39 is 0 Å². The lowest BCUT2D eigenvalue weighted by atomic mass is 10.2. The number of hydrogen-bond donors (Lipinski definition) is 0. The average molecular weight is 186 g/mol. The molecule has 0 bridgehead atoms. The largest absolute Gasteiger partial charge is 0.331 e. The third-order valence-electron chi connectivity index (χ3n) is 3.09. The number of imidazole rings is 1. The predicted octanol–water partition coefficient (Wildman–Crippen LogP) is 2.76. The molecular formula is C12H14N2. The number of hydrogen-bond acceptors (Lipinski definition) is 1. The third-order valence-corrected chi connectivity index (χ3v) is 3.09. The van der Waals surface area contributed by atoms with Crippen LogP contribution in [0.1, 0.15) is 30.1 Å². The predicted molar refractivity (Wildman–Crippen MR) is 57.4 cm³/mol. The molecule has 0 spiro atoms. The Morgan fingerprint density at radius 3 is 2.79 bits per heavy atom. The summed E-state index contributed by atoms with van der Waals surface area (Å²) in [6, 6.07) is 6.39. The second-order valence-corrected chi connectivity index (χ2v) is 4.25. The van der Waals surface area contributed by atoms with Gasteiger partial charge in [0.15, 0.2) is 0 Å². The Morgan fingerprint density at radius 2 is 2.14 bits per heavy atom. The van der Waals surface area contributed by atoms with Crippen molar-refractivity contribution in [3.63, 3.8) is 0 Å². The van der Waals surface area contributed by atoms with Gasteiger partial charge in [0.2, 0.25) is 0 Å².